The van der Waals surface area contributed by atoms with Gasteiger partial charge in [-0.3, -0.25) is 0 Å². The van der Waals surface area contributed by atoms with Crippen LogP contribution in [0.3, 0.4) is 0 Å². The van der Waals surface area contributed by atoms with E-state index in [4.69, 9.17) is 14.2 Å². The Balaban J connectivity index is 1.99. The maximum Gasteiger partial charge on any atom is 0.164 e. The standard InChI is InChI=1S/C11H18O3/c1-9(2)11(14-10(3,4)13-9)6-5-7-8(11)12-7/h7-8H,5-6H2,1-4H3/t7-,8-,11?/m1/s1. The average Bonchev–Trinajstić information content (AvgIpc) is 2.63. The second-order valence-corrected chi connectivity index (χ2v) is 5.64. The number of ether oxygens (including phenoxy) is 3. The zero-order valence-electron chi connectivity index (χ0n) is 9.29. The van der Waals surface area contributed by atoms with Crippen molar-refractivity contribution in [2.75, 3.05) is 0 Å². The minimum atomic E-state index is -0.468. The van der Waals surface area contributed by atoms with E-state index in [9.17, 15) is 0 Å². The van der Waals surface area contributed by atoms with E-state index in [-0.39, 0.29) is 17.3 Å². The second-order valence-electron chi connectivity index (χ2n) is 5.64. The summed E-state index contributed by atoms with van der Waals surface area (Å²) in [5, 5.41) is 0. The quantitative estimate of drug-likeness (QED) is 0.556. The van der Waals surface area contributed by atoms with Crippen LogP contribution in [0.25, 0.3) is 0 Å². The van der Waals surface area contributed by atoms with Crippen LogP contribution in [0.4, 0.5) is 0 Å². The lowest BCUT2D eigenvalue weighted by Gasteiger charge is -2.34. The van der Waals surface area contributed by atoms with E-state index in [2.05, 4.69) is 13.8 Å². The molecule has 14 heavy (non-hydrogen) atoms. The SMILES string of the molecule is CC1(C)OC(C)(C)C2(CC[C@H]3O[C@H]32)O1. The van der Waals surface area contributed by atoms with Gasteiger partial charge in [0.05, 0.1) is 11.7 Å². The summed E-state index contributed by atoms with van der Waals surface area (Å²) >= 11 is 0. The molecule has 0 radical (unpaired) electrons. The molecule has 0 N–H and O–H groups in total. The second kappa shape index (κ2) is 2.18. The first-order valence-corrected chi connectivity index (χ1v) is 5.42. The van der Waals surface area contributed by atoms with Crippen molar-refractivity contribution in [1.29, 1.82) is 0 Å². The van der Waals surface area contributed by atoms with Crippen molar-refractivity contribution >= 4 is 0 Å². The largest absolute Gasteiger partial charge is 0.366 e. The van der Waals surface area contributed by atoms with Gasteiger partial charge in [-0.1, -0.05) is 0 Å². The van der Waals surface area contributed by atoms with Gasteiger partial charge in [0.1, 0.15) is 11.7 Å². The fourth-order valence-electron chi connectivity index (χ4n) is 3.31. The highest BCUT2D eigenvalue weighted by Gasteiger charge is 2.72. The number of fused-ring (bicyclic) bond motifs is 2. The van der Waals surface area contributed by atoms with E-state index in [1.54, 1.807) is 0 Å². The van der Waals surface area contributed by atoms with Crippen LogP contribution in [0.1, 0.15) is 40.5 Å². The van der Waals surface area contributed by atoms with Gasteiger partial charge in [-0.05, 0) is 40.5 Å². The summed E-state index contributed by atoms with van der Waals surface area (Å²) in [4.78, 5) is 0. The van der Waals surface area contributed by atoms with Gasteiger partial charge in [-0.15, -0.1) is 0 Å². The Bertz CT molecular complexity index is 284. The predicted molar refractivity (Wildman–Crippen MR) is 51.0 cm³/mol. The molecular weight excluding hydrogens is 180 g/mol. The van der Waals surface area contributed by atoms with Gasteiger partial charge in [-0.2, -0.15) is 0 Å². The van der Waals surface area contributed by atoms with Crippen molar-refractivity contribution in [3.63, 3.8) is 0 Å². The molecule has 2 saturated heterocycles. The molecule has 3 fully saturated rings. The van der Waals surface area contributed by atoms with E-state index < -0.39 is 5.79 Å². The van der Waals surface area contributed by atoms with E-state index in [1.165, 1.54) is 0 Å². The van der Waals surface area contributed by atoms with Crippen molar-refractivity contribution in [2.45, 2.75) is 69.7 Å². The Hall–Kier alpha value is -0.120. The van der Waals surface area contributed by atoms with Crippen molar-refractivity contribution in [3.8, 4) is 0 Å². The number of rotatable bonds is 0. The Morgan fingerprint density at radius 2 is 1.79 bits per heavy atom. The lowest BCUT2D eigenvalue weighted by molar-refractivity contribution is -0.170. The number of hydrogen-bond donors (Lipinski definition) is 0. The molecule has 0 aromatic heterocycles. The van der Waals surface area contributed by atoms with Gasteiger partial charge >= 0.3 is 0 Å². The fourth-order valence-corrected chi connectivity index (χ4v) is 3.31. The molecule has 3 aliphatic rings. The molecule has 3 atom stereocenters. The minimum Gasteiger partial charge on any atom is -0.366 e. The third kappa shape index (κ3) is 0.930. The van der Waals surface area contributed by atoms with Crippen LogP contribution >= 0.6 is 0 Å². The molecule has 3 nitrogen and oxygen atoms in total. The van der Waals surface area contributed by atoms with Crippen LogP contribution in [0.2, 0.25) is 0 Å². The summed E-state index contributed by atoms with van der Waals surface area (Å²) in [7, 11) is 0. The smallest absolute Gasteiger partial charge is 0.164 e. The van der Waals surface area contributed by atoms with Crippen LogP contribution < -0.4 is 0 Å². The van der Waals surface area contributed by atoms with Crippen molar-refractivity contribution in [2.24, 2.45) is 0 Å². The van der Waals surface area contributed by atoms with Gasteiger partial charge in [0.25, 0.3) is 0 Å². The average molecular weight is 198 g/mol. The monoisotopic (exact) mass is 198 g/mol. The molecule has 2 aliphatic heterocycles. The Morgan fingerprint density at radius 3 is 2.14 bits per heavy atom. The van der Waals surface area contributed by atoms with Crippen LogP contribution in [-0.4, -0.2) is 29.2 Å². The summed E-state index contributed by atoms with van der Waals surface area (Å²) in [6.45, 7) is 8.20. The zero-order valence-corrected chi connectivity index (χ0v) is 9.29. The highest BCUT2D eigenvalue weighted by molar-refractivity contribution is 5.19. The zero-order chi connectivity index (χ0) is 10.2. The summed E-state index contributed by atoms with van der Waals surface area (Å²) in [5.74, 6) is -0.468. The molecule has 0 aromatic carbocycles. The Kier molecular flexibility index (Phi) is 1.42. The maximum absolute atomic E-state index is 6.12. The third-order valence-corrected chi connectivity index (χ3v) is 3.79. The van der Waals surface area contributed by atoms with Gasteiger partial charge in [0.15, 0.2) is 5.79 Å². The number of epoxide rings is 1. The maximum atomic E-state index is 6.12. The predicted octanol–water partition coefficient (Wildman–Crippen LogP) is 1.85. The number of hydrogen-bond acceptors (Lipinski definition) is 3. The molecule has 1 saturated carbocycles. The molecule has 1 aliphatic carbocycles. The van der Waals surface area contributed by atoms with Crippen molar-refractivity contribution in [3.05, 3.63) is 0 Å². The molecule has 80 valence electrons. The highest BCUT2D eigenvalue weighted by Crippen LogP contribution is 2.59. The van der Waals surface area contributed by atoms with Crippen LogP contribution in [0, 0.1) is 0 Å². The van der Waals surface area contributed by atoms with Gasteiger partial charge in [0, 0.05) is 0 Å². The molecule has 0 bridgehead atoms. The van der Waals surface area contributed by atoms with E-state index in [0.29, 0.717) is 6.10 Å². The van der Waals surface area contributed by atoms with E-state index >= 15 is 0 Å². The van der Waals surface area contributed by atoms with Gasteiger partial charge < -0.3 is 14.2 Å². The molecule has 1 spiro atoms. The first kappa shape index (κ1) is 9.13. The topological polar surface area (TPSA) is 31.0 Å². The Labute approximate surface area is 84.7 Å². The summed E-state index contributed by atoms with van der Waals surface area (Å²) < 4.78 is 17.7. The fraction of sp³-hybridized carbons (Fsp3) is 1.00. The summed E-state index contributed by atoms with van der Waals surface area (Å²) in [5.41, 5.74) is -0.423. The molecular formula is C11H18O3. The third-order valence-electron chi connectivity index (χ3n) is 3.79. The highest BCUT2D eigenvalue weighted by atomic mass is 16.8. The molecule has 3 heteroatoms. The Morgan fingerprint density at radius 1 is 1.07 bits per heavy atom. The van der Waals surface area contributed by atoms with Crippen LogP contribution in [-0.2, 0) is 14.2 Å². The lowest BCUT2D eigenvalue weighted by atomic mass is 9.84. The molecule has 2 heterocycles. The molecule has 1 unspecified atom stereocenters. The normalized spacial score (nSPS) is 52.3. The summed E-state index contributed by atoms with van der Waals surface area (Å²) in [6, 6.07) is 0. The molecule has 0 amide bonds. The van der Waals surface area contributed by atoms with Crippen molar-refractivity contribution < 1.29 is 14.2 Å². The van der Waals surface area contributed by atoms with Gasteiger partial charge in [0.2, 0.25) is 0 Å². The van der Waals surface area contributed by atoms with E-state index in [0.717, 1.165) is 12.8 Å². The van der Waals surface area contributed by atoms with Crippen LogP contribution in [0.15, 0.2) is 0 Å². The molecule has 0 aromatic rings. The van der Waals surface area contributed by atoms with Gasteiger partial charge in [-0.25, -0.2) is 0 Å². The molecule has 3 rings (SSSR count). The van der Waals surface area contributed by atoms with Crippen molar-refractivity contribution in [1.82, 2.24) is 0 Å². The first-order valence-electron chi connectivity index (χ1n) is 5.42. The van der Waals surface area contributed by atoms with E-state index in [1.807, 2.05) is 13.8 Å². The van der Waals surface area contributed by atoms with Crippen LogP contribution in [0.5, 0.6) is 0 Å². The lowest BCUT2D eigenvalue weighted by Crippen LogP contribution is -2.50. The minimum absolute atomic E-state index is 0.193. The summed E-state index contributed by atoms with van der Waals surface area (Å²) in [6.07, 6.45) is 2.90. The first-order chi connectivity index (χ1) is 6.36.